The maximum Gasteiger partial charge on any atom is 0.255 e. The molecule has 0 amide bonds. The van der Waals surface area contributed by atoms with Crippen molar-refractivity contribution in [3.8, 4) is 23.0 Å². The lowest BCUT2D eigenvalue weighted by Gasteiger charge is -2.09. The highest BCUT2D eigenvalue weighted by Gasteiger charge is 2.18. The van der Waals surface area contributed by atoms with Crippen LogP contribution in [0.3, 0.4) is 0 Å². The predicted octanol–water partition coefficient (Wildman–Crippen LogP) is 1.65. The number of benzene rings is 1. The van der Waals surface area contributed by atoms with Gasteiger partial charge in [0.2, 0.25) is 5.89 Å². The van der Waals surface area contributed by atoms with Crippen LogP contribution in [0.15, 0.2) is 22.6 Å². The predicted molar refractivity (Wildman–Crippen MR) is 70.2 cm³/mol. The largest absolute Gasteiger partial charge is 0.496 e. The molecule has 2 rings (SSSR count). The monoisotopic (exact) mass is 263 g/mol. The zero-order valence-corrected chi connectivity index (χ0v) is 11.0. The summed E-state index contributed by atoms with van der Waals surface area (Å²) in [6.45, 7) is 0.593. The van der Waals surface area contributed by atoms with Gasteiger partial charge < -0.3 is 19.6 Å². The van der Waals surface area contributed by atoms with E-state index in [0.717, 1.165) is 6.42 Å². The number of rotatable bonds is 6. The van der Waals surface area contributed by atoms with Crippen molar-refractivity contribution >= 4 is 0 Å². The van der Waals surface area contributed by atoms with E-state index in [1.54, 1.807) is 14.2 Å². The second-order valence-corrected chi connectivity index (χ2v) is 3.93. The van der Waals surface area contributed by atoms with Crippen LogP contribution < -0.4 is 15.2 Å². The van der Waals surface area contributed by atoms with Gasteiger partial charge in [-0.3, -0.25) is 0 Å². The number of aryl methyl sites for hydroxylation is 1. The quantitative estimate of drug-likeness (QED) is 0.853. The second kappa shape index (κ2) is 6.19. The Bertz CT molecular complexity index is 517. The lowest BCUT2D eigenvalue weighted by molar-refractivity contribution is 0.392. The fourth-order valence-corrected chi connectivity index (χ4v) is 1.77. The van der Waals surface area contributed by atoms with Crippen molar-refractivity contribution in [1.29, 1.82) is 0 Å². The molecule has 0 aliphatic heterocycles. The Labute approximate surface area is 111 Å². The maximum absolute atomic E-state index is 5.62. The first kappa shape index (κ1) is 13.4. The van der Waals surface area contributed by atoms with Gasteiger partial charge in [-0.05, 0) is 25.1 Å². The van der Waals surface area contributed by atoms with E-state index in [4.69, 9.17) is 19.6 Å². The van der Waals surface area contributed by atoms with E-state index in [0.29, 0.717) is 41.8 Å². The Hall–Kier alpha value is -2.08. The van der Waals surface area contributed by atoms with Crippen molar-refractivity contribution in [3.05, 3.63) is 24.1 Å². The average Bonchev–Trinajstić information content (AvgIpc) is 2.92. The molecule has 2 aromatic rings. The minimum atomic E-state index is 0.390. The number of nitrogens with two attached hydrogens (primary N) is 1. The molecule has 0 aliphatic rings. The number of nitrogens with zero attached hydrogens (tertiary/aromatic N) is 2. The van der Waals surface area contributed by atoms with Crippen LogP contribution >= 0.6 is 0 Å². The molecule has 2 N–H and O–H groups in total. The molecule has 1 aromatic heterocycles. The summed E-state index contributed by atoms with van der Waals surface area (Å²) in [5.74, 6) is 2.22. The van der Waals surface area contributed by atoms with Gasteiger partial charge in [0.05, 0.1) is 14.2 Å². The molecule has 0 fully saturated rings. The van der Waals surface area contributed by atoms with Gasteiger partial charge in [0, 0.05) is 6.42 Å². The first-order chi connectivity index (χ1) is 9.30. The van der Waals surface area contributed by atoms with Crippen LogP contribution in [-0.4, -0.2) is 31.0 Å². The van der Waals surface area contributed by atoms with E-state index in [1.807, 2.05) is 18.2 Å². The minimum Gasteiger partial charge on any atom is -0.496 e. The summed E-state index contributed by atoms with van der Waals surface area (Å²) in [7, 11) is 3.17. The van der Waals surface area contributed by atoms with Crippen LogP contribution in [0.4, 0.5) is 0 Å². The fourth-order valence-electron chi connectivity index (χ4n) is 1.77. The Kier molecular flexibility index (Phi) is 4.35. The molecule has 1 aromatic carbocycles. The first-order valence-corrected chi connectivity index (χ1v) is 6.04. The van der Waals surface area contributed by atoms with E-state index in [9.17, 15) is 0 Å². The van der Waals surface area contributed by atoms with Gasteiger partial charge in [-0.15, -0.1) is 10.2 Å². The van der Waals surface area contributed by atoms with Crippen LogP contribution in [0.25, 0.3) is 11.5 Å². The van der Waals surface area contributed by atoms with E-state index in [2.05, 4.69) is 10.2 Å². The molecule has 0 atom stereocenters. The molecule has 0 spiro atoms. The third-order valence-corrected chi connectivity index (χ3v) is 2.70. The van der Waals surface area contributed by atoms with Gasteiger partial charge in [0.25, 0.3) is 5.89 Å². The number of ether oxygens (including phenoxy) is 2. The molecule has 6 heteroatoms. The van der Waals surface area contributed by atoms with Crippen LogP contribution in [0.5, 0.6) is 11.5 Å². The van der Waals surface area contributed by atoms with E-state index >= 15 is 0 Å². The third-order valence-electron chi connectivity index (χ3n) is 2.70. The Morgan fingerprint density at radius 2 is 1.84 bits per heavy atom. The average molecular weight is 263 g/mol. The van der Waals surface area contributed by atoms with E-state index in [-0.39, 0.29) is 0 Å². The van der Waals surface area contributed by atoms with Crippen LogP contribution in [0, 0.1) is 0 Å². The Balaban J connectivity index is 2.37. The molecule has 0 aliphatic carbocycles. The molecular formula is C13H17N3O3. The Morgan fingerprint density at radius 3 is 2.42 bits per heavy atom. The standard InChI is InChI=1S/C13H17N3O3/c1-17-9-5-3-6-10(18-2)12(9)13-16-15-11(19-13)7-4-8-14/h3,5-6H,4,7-8,14H2,1-2H3. The van der Waals surface area contributed by atoms with Gasteiger partial charge in [0.1, 0.15) is 17.1 Å². The molecular weight excluding hydrogens is 246 g/mol. The fraction of sp³-hybridized carbons (Fsp3) is 0.385. The minimum absolute atomic E-state index is 0.390. The summed E-state index contributed by atoms with van der Waals surface area (Å²) in [5, 5.41) is 8.04. The highest BCUT2D eigenvalue weighted by atomic mass is 16.5. The zero-order chi connectivity index (χ0) is 13.7. The summed E-state index contributed by atoms with van der Waals surface area (Å²) in [4.78, 5) is 0. The third kappa shape index (κ3) is 2.85. The number of hydrogen-bond donors (Lipinski definition) is 1. The number of aromatic nitrogens is 2. The molecule has 6 nitrogen and oxygen atoms in total. The van der Waals surface area contributed by atoms with Crippen molar-refractivity contribution in [2.75, 3.05) is 20.8 Å². The molecule has 0 radical (unpaired) electrons. The van der Waals surface area contributed by atoms with Gasteiger partial charge in [-0.1, -0.05) is 6.07 Å². The first-order valence-electron chi connectivity index (χ1n) is 6.04. The van der Waals surface area contributed by atoms with Gasteiger partial charge in [-0.2, -0.15) is 0 Å². The van der Waals surface area contributed by atoms with Crippen molar-refractivity contribution in [2.45, 2.75) is 12.8 Å². The SMILES string of the molecule is COc1cccc(OC)c1-c1nnc(CCCN)o1. The van der Waals surface area contributed by atoms with Crippen LogP contribution in [-0.2, 0) is 6.42 Å². The number of hydrogen-bond acceptors (Lipinski definition) is 6. The van der Waals surface area contributed by atoms with Crippen molar-refractivity contribution in [3.63, 3.8) is 0 Å². The van der Waals surface area contributed by atoms with Crippen LogP contribution in [0.2, 0.25) is 0 Å². The smallest absolute Gasteiger partial charge is 0.255 e. The molecule has 102 valence electrons. The van der Waals surface area contributed by atoms with Crippen molar-refractivity contribution in [1.82, 2.24) is 10.2 Å². The molecule has 0 unspecified atom stereocenters. The highest BCUT2D eigenvalue weighted by molar-refractivity contribution is 5.70. The van der Waals surface area contributed by atoms with Crippen molar-refractivity contribution < 1.29 is 13.9 Å². The molecule has 1 heterocycles. The summed E-state index contributed by atoms with van der Waals surface area (Å²) in [6, 6.07) is 5.48. The topological polar surface area (TPSA) is 83.4 Å². The molecule has 0 bridgehead atoms. The van der Waals surface area contributed by atoms with Gasteiger partial charge in [0.15, 0.2) is 0 Å². The molecule has 0 saturated heterocycles. The molecule has 19 heavy (non-hydrogen) atoms. The van der Waals surface area contributed by atoms with Gasteiger partial charge in [-0.25, -0.2) is 0 Å². The van der Waals surface area contributed by atoms with E-state index in [1.165, 1.54) is 0 Å². The van der Waals surface area contributed by atoms with E-state index < -0.39 is 0 Å². The zero-order valence-electron chi connectivity index (χ0n) is 11.0. The summed E-state index contributed by atoms with van der Waals surface area (Å²) >= 11 is 0. The Morgan fingerprint density at radius 1 is 1.16 bits per heavy atom. The number of methoxy groups -OCH3 is 2. The summed E-state index contributed by atoms with van der Waals surface area (Å²) in [5.41, 5.74) is 6.12. The van der Waals surface area contributed by atoms with Gasteiger partial charge >= 0.3 is 0 Å². The second-order valence-electron chi connectivity index (χ2n) is 3.93. The summed E-state index contributed by atoms with van der Waals surface area (Å²) < 4.78 is 16.2. The lowest BCUT2D eigenvalue weighted by Crippen LogP contribution is -2.00. The van der Waals surface area contributed by atoms with Crippen LogP contribution in [0.1, 0.15) is 12.3 Å². The highest BCUT2D eigenvalue weighted by Crippen LogP contribution is 2.37. The maximum atomic E-state index is 5.62. The summed E-state index contributed by atoms with van der Waals surface area (Å²) in [6.07, 6.45) is 1.48. The molecule has 0 saturated carbocycles. The van der Waals surface area contributed by atoms with Crippen molar-refractivity contribution in [2.24, 2.45) is 5.73 Å². The normalized spacial score (nSPS) is 10.5. The lowest BCUT2D eigenvalue weighted by atomic mass is 10.2.